The Morgan fingerprint density at radius 3 is 2.89 bits per heavy atom. The molecule has 2 aromatic rings. The molecule has 0 bridgehead atoms. The van der Waals surface area contributed by atoms with Crippen molar-refractivity contribution >= 4 is 5.69 Å². The highest BCUT2D eigenvalue weighted by atomic mass is 16.5. The van der Waals surface area contributed by atoms with Gasteiger partial charge in [0.05, 0.1) is 12.3 Å². The fraction of sp³-hybridized carbons (Fsp3) is 0.312. The fourth-order valence-electron chi connectivity index (χ4n) is 1.82. The molecule has 0 unspecified atom stereocenters. The summed E-state index contributed by atoms with van der Waals surface area (Å²) in [6, 6.07) is 10.2. The number of rotatable bonds is 6. The van der Waals surface area contributed by atoms with Crippen LogP contribution in [0.15, 0.2) is 42.7 Å². The van der Waals surface area contributed by atoms with Gasteiger partial charge in [-0.2, -0.15) is 0 Å². The third-order valence-corrected chi connectivity index (χ3v) is 2.80. The van der Waals surface area contributed by atoms with Crippen molar-refractivity contribution in [1.82, 2.24) is 4.98 Å². The third kappa shape index (κ3) is 3.98. The molecule has 0 fully saturated rings. The third-order valence-electron chi connectivity index (χ3n) is 2.80. The quantitative estimate of drug-likeness (QED) is 0.853. The van der Waals surface area contributed by atoms with Crippen molar-refractivity contribution in [3.05, 3.63) is 53.9 Å². The predicted molar refractivity (Wildman–Crippen MR) is 78.5 cm³/mol. The zero-order valence-corrected chi connectivity index (χ0v) is 11.5. The molecule has 1 aromatic heterocycles. The summed E-state index contributed by atoms with van der Waals surface area (Å²) in [5, 5.41) is 3.41. The molecule has 19 heavy (non-hydrogen) atoms. The number of hydrogen-bond acceptors (Lipinski definition) is 3. The molecule has 0 amide bonds. The largest absolute Gasteiger partial charge is 0.491 e. The molecule has 0 aliphatic rings. The number of anilines is 1. The van der Waals surface area contributed by atoms with Crippen molar-refractivity contribution in [2.75, 3.05) is 11.9 Å². The molecule has 0 saturated heterocycles. The van der Waals surface area contributed by atoms with Gasteiger partial charge in [-0.15, -0.1) is 0 Å². The number of benzene rings is 1. The van der Waals surface area contributed by atoms with Gasteiger partial charge in [-0.3, -0.25) is 4.98 Å². The van der Waals surface area contributed by atoms with Crippen LogP contribution in [0.5, 0.6) is 5.75 Å². The van der Waals surface area contributed by atoms with Gasteiger partial charge in [0.1, 0.15) is 5.75 Å². The highest BCUT2D eigenvalue weighted by molar-refractivity contribution is 5.58. The van der Waals surface area contributed by atoms with Crippen LogP contribution in [0.25, 0.3) is 0 Å². The molecule has 0 saturated carbocycles. The van der Waals surface area contributed by atoms with Crippen molar-refractivity contribution in [2.24, 2.45) is 0 Å². The second-order valence-electron chi connectivity index (χ2n) is 4.56. The molecule has 3 heteroatoms. The minimum absolute atomic E-state index is 0.741. The van der Waals surface area contributed by atoms with Crippen molar-refractivity contribution in [1.29, 1.82) is 0 Å². The fourth-order valence-corrected chi connectivity index (χ4v) is 1.82. The van der Waals surface area contributed by atoms with Crippen LogP contribution in [0.2, 0.25) is 0 Å². The molecular weight excluding hydrogens is 236 g/mol. The smallest absolute Gasteiger partial charge is 0.142 e. The molecule has 2 rings (SSSR count). The van der Waals surface area contributed by atoms with Crippen molar-refractivity contribution in [3.63, 3.8) is 0 Å². The van der Waals surface area contributed by atoms with E-state index in [4.69, 9.17) is 4.74 Å². The van der Waals surface area contributed by atoms with Gasteiger partial charge < -0.3 is 10.1 Å². The summed E-state index contributed by atoms with van der Waals surface area (Å²) in [6.07, 6.45) is 4.66. The first kappa shape index (κ1) is 13.4. The van der Waals surface area contributed by atoms with Crippen LogP contribution in [0, 0.1) is 6.92 Å². The van der Waals surface area contributed by atoms with Crippen LogP contribution in [-0.4, -0.2) is 11.6 Å². The first-order valence-corrected chi connectivity index (χ1v) is 6.66. The molecule has 0 aliphatic carbocycles. The van der Waals surface area contributed by atoms with E-state index >= 15 is 0 Å². The Balaban J connectivity index is 2.07. The second kappa shape index (κ2) is 6.78. The summed E-state index contributed by atoms with van der Waals surface area (Å²) < 4.78 is 5.75. The van der Waals surface area contributed by atoms with Crippen LogP contribution < -0.4 is 10.1 Å². The normalized spacial score (nSPS) is 10.2. The van der Waals surface area contributed by atoms with Gasteiger partial charge in [0.15, 0.2) is 0 Å². The van der Waals surface area contributed by atoms with Gasteiger partial charge in [0.25, 0.3) is 0 Å². The maximum atomic E-state index is 5.75. The Morgan fingerprint density at radius 1 is 1.26 bits per heavy atom. The van der Waals surface area contributed by atoms with Crippen LogP contribution in [-0.2, 0) is 6.54 Å². The standard InChI is InChI=1S/C16H20N2O/c1-3-9-19-16-7-6-13(2)10-15(16)18-12-14-5-4-8-17-11-14/h4-8,10-11,18H,3,9,12H2,1-2H3. The molecule has 100 valence electrons. The molecular formula is C16H20N2O. The Hall–Kier alpha value is -2.03. The minimum atomic E-state index is 0.741. The number of aryl methyl sites for hydroxylation is 1. The topological polar surface area (TPSA) is 34.1 Å². The van der Waals surface area contributed by atoms with Gasteiger partial charge in [0.2, 0.25) is 0 Å². The zero-order valence-electron chi connectivity index (χ0n) is 11.5. The van der Waals surface area contributed by atoms with E-state index in [1.54, 1.807) is 6.20 Å². The first-order chi connectivity index (χ1) is 9.29. The van der Waals surface area contributed by atoms with E-state index < -0.39 is 0 Å². The number of pyridine rings is 1. The lowest BCUT2D eigenvalue weighted by Crippen LogP contribution is -2.04. The molecule has 1 heterocycles. The van der Waals surface area contributed by atoms with E-state index in [9.17, 15) is 0 Å². The van der Waals surface area contributed by atoms with E-state index in [2.05, 4.69) is 42.3 Å². The van der Waals surface area contributed by atoms with Gasteiger partial charge in [0, 0.05) is 18.9 Å². The summed E-state index contributed by atoms with van der Waals surface area (Å²) in [7, 11) is 0. The SMILES string of the molecule is CCCOc1ccc(C)cc1NCc1cccnc1. The van der Waals surface area contributed by atoms with E-state index in [1.165, 1.54) is 5.56 Å². The van der Waals surface area contributed by atoms with E-state index in [0.717, 1.165) is 36.6 Å². The molecule has 0 aliphatic heterocycles. The molecule has 3 nitrogen and oxygen atoms in total. The Bertz CT molecular complexity index is 511. The van der Waals surface area contributed by atoms with E-state index in [0.29, 0.717) is 0 Å². The Morgan fingerprint density at radius 2 is 2.16 bits per heavy atom. The minimum Gasteiger partial charge on any atom is -0.491 e. The summed E-state index contributed by atoms with van der Waals surface area (Å²) in [6.45, 7) is 5.68. The number of nitrogens with one attached hydrogen (secondary N) is 1. The lowest BCUT2D eigenvalue weighted by Gasteiger charge is -2.13. The molecule has 1 aromatic carbocycles. The van der Waals surface area contributed by atoms with Crippen LogP contribution in [0.1, 0.15) is 24.5 Å². The summed E-state index contributed by atoms with van der Waals surface area (Å²) in [5.41, 5.74) is 3.42. The second-order valence-corrected chi connectivity index (χ2v) is 4.56. The average Bonchev–Trinajstić information content (AvgIpc) is 2.45. The van der Waals surface area contributed by atoms with Crippen molar-refractivity contribution in [2.45, 2.75) is 26.8 Å². The van der Waals surface area contributed by atoms with Gasteiger partial charge in [-0.1, -0.05) is 19.1 Å². The van der Waals surface area contributed by atoms with Crippen LogP contribution in [0.4, 0.5) is 5.69 Å². The zero-order chi connectivity index (χ0) is 13.5. The average molecular weight is 256 g/mol. The van der Waals surface area contributed by atoms with Crippen molar-refractivity contribution < 1.29 is 4.74 Å². The van der Waals surface area contributed by atoms with Gasteiger partial charge in [-0.05, 0) is 42.7 Å². The summed E-state index contributed by atoms with van der Waals surface area (Å²) >= 11 is 0. The molecule has 0 spiro atoms. The highest BCUT2D eigenvalue weighted by Gasteiger charge is 2.03. The lowest BCUT2D eigenvalue weighted by molar-refractivity contribution is 0.319. The number of nitrogens with zero attached hydrogens (tertiary/aromatic N) is 1. The maximum Gasteiger partial charge on any atom is 0.142 e. The number of aromatic nitrogens is 1. The predicted octanol–water partition coefficient (Wildman–Crippen LogP) is 3.79. The molecule has 1 N–H and O–H groups in total. The van der Waals surface area contributed by atoms with Gasteiger partial charge >= 0.3 is 0 Å². The van der Waals surface area contributed by atoms with E-state index in [1.807, 2.05) is 18.3 Å². The summed E-state index contributed by atoms with van der Waals surface area (Å²) in [4.78, 5) is 4.12. The van der Waals surface area contributed by atoms with Crippen molar-refractivity contribution in [3.8, 4) is 5.75 Å². The summed E-state index contributed by atoms with van der Waals surface area (Å²) in [5.74, 6) is 0.913. The molecule has 0 radical (unpaired) electrons. The first-order valence-electron chi connectivity index (χ1n) is 6.66. The lowest BCUT2D eigenvalue weighted by atomic mass is 10.2. The maximum absolute atomic E-state index is 5.75. The number of ether oxygens (including phenoxy) is 1. The Kier molecular flexibility index (Phi) is 4.78. The Labute approximate surface area is 114 Å². The highest BCUT2D eigenvalue weighted by Crippen LogP contribution is 2.26. The van der Waals surface area contributed by atoms with Gasteiger partial charge in [-0.25, -0.2) is 0 Å². The monoisotopic (exact) mass is 256 g/mol. The van der Waals surface area contributed by atoms with E-state index in [-0.39, 0.29) is 0 Å². The molecule has 0 atom stereocenters. The van der Waals surface area contributed by atoms with Crippen LogP contribution in [0.3, 0.4) is 0 Å². The van der Waals surface area contributed by atoms with Crippen LogP contribution >= 0.6 is 0 Å². The number of hydrogen-bond donors (Lipinski definition) is 1.